The molecule has 2 aromatic rings. The van der Waals surface area contributed by atoms with E-state index in [0.29, 0.717) is 0 Å². The maximum Gasteiger partial charge on any atom is 0.0682 e. The quantitative estimate of drug-likeness (QED) is 0.820. The number of hydrogen-bond donors (Lipinski definition) is 1. The van der Waals surface area contributed by atoms with Crippen molar-refractivity contribution in [1.82, 2.24) is 0 Å². The second-order valence-corrected chi connectivity index (χ2v) is 7.15. The van der Waals surface area contributed by atoms with E-state index in [2.05, 4.69) is 46.3 Å². The van der Waals surface area contributed by atoms with Gasteiger partial charge < -0.3 is 5.11 Å². The predicted octanol–water partition coefficient (Wildman–Crippen LogP) is 4.51. The van der Waals surface area contributed by atoms with Crippen LogP contribution in [0.2, 0.25) is 0 Å². The van der Waals surface area contributed by atoms with Crippen molar-refractivity contribution in [2.24, 2.45) is 0 Å². The summed E-state index contributed by atoms with van der Waals surface area (Å²) in [4.78, 5) is 1.37. The third-order valence-corrected chi connectivity index (χ3v) is 5.63. The van der Waals surface area contributed by atoms with Gasteiger partial charge in [-0.3, -0.25) is 0 Å². The average molecular weight is 345 g/mol. The van der Waals surface area contributed by atoms with Gasteiger partial charge in [0.2, 0.25) is 0 Å². The van der Waals surface area contributed by atoms with Gasteiger partial charge in [-0.15, -0.1) is 11.8 Å². The van der Waals surface area contributed by atoms with E-state index in [0.717, 1.165) is 22.2 Å². The van der Waals surface area contributed by atoms with Crippen LogP contribution in [0.5, 0.6) is 0 Å². The van der Waals surface area contributed by atoms with Gasteiger partial charge in [0.05, 0.1) is 6.61 Å². The smallest absolute Gasteiger partial charge is 0.0682 e. The van der Waals surface area contributed by atoms with E-state index in [-0.39, 0.29) is 6.61 Å². The Bertz CT molecular complexity index is 749. The highest BCUT2D eigenvalue weighted by Gasteiger charge is 2.27. The molecular weight excluding hydrogens is 332 g/mol. The first-order chi connectivity index (χ1) is 9.76. The van der Waals surface area contributed by atoms with Crippen LogP contribution in [-0.2, 0) is 13.0 Å². The van der Waals surface area contributed by atoms with Crippen molar-refractivity contribution in [3.8, 4) is 0 Å². The van der Waals surface area contributed by atoms with Crippen molar-refractivity contribution >= 4 is 38.8 Å². The van der Waals surface area contributed by atoms with E-state index in [4.69, 9.17) is 0 Å². The van der Waals surface area contributed by atoms with Crippen LogP contribution >= 0.6 is 27.7 Å². The van der Waals surface area contributed by atoms with Crippen molar-refractivity contribution in [2.45, 2.75) is 17.9 Å². The second-order valence-electron chi connectivity index (χ2n) is 5.21. The van der Waals surface area contributed by atoms with E-state index in [1.165, 1.54) is 32.7 Å². The highest BCUT2D eigenvalue weighted by Crippen LogP contribution is 2.48. The summed E-state index contributed by atoms with van der Waals surface area (Å²) >= 11 is 5.46. The number of benzene rings is 2. The molecule has 0 spiro atoms. The molecule has 0 bridgehead atoms. The Morgan fingerprint density at radius 3 is 2.80 bits per heavy atom. The van der Waals surface area contributed by atoms with Crippen molar-refractivity contribution in [1.29, 1.82) is 0 Å². The topological polar surface area (TPSA) is 20.2 Å². The van der Waals surface area contributed by atoms with Crippen molar-refractivity contribution in [2.75, 3.05) is 5.75 Å². The van der Waals surface area contributed by atoms with Gasteiger partial charge in [0.25, 0.3) is 0 Å². The van der Waals surface area contributed by atoms with Crippen LogP contribution in [0.25, 0.3) is 11.1 Å². The molecule has 4 rings (SSSR count). The predicted molar refractivity (Wildman–Crippen MR) is 87.7 cm³/mol. The number of rotatable bonds is 1. The van der Waals surface area contributed by atoms with E-state index in [1.807, 2.05) is 17.8 Å². The zero-order valence-corrected chi connectivity index (χ0v) is 13.2. The van der Waals surface area contributed by atoms with Crippen molar-refractivity contribution in [3.05, 3.63) is 63.1 Å². The highest BCUT2D eigenvalue weighted by atomic mass is 79.9. The number of aliphatic hydroxyl groups excluding tert-OH is 1. The van der Waals surface area contributed by atoms with Crippen LogP contribution in [-0.4, -0.2) is 10.9 Å². The van der Waals surface area contributed by atoms with Gasteiger partial charge in [-0.2, -0.15) is 0 Å². The molecule has 1 aliphatic heterocycles. The summed E-state index contributed by atoms with van der Waals surface area (Å²) in [6, 6.07) is 12.9. The van der Waals surface area contributed by atoms with Gasteiger partial charge in [0, 0.05) is 15.1 Å². The monoisotopic (exact) mass is 344 g/mol. The summed E-state index contributed by atoms with van der Waals surface area (Å²) in [6.07, 6.45) is 1.02. The maximum absolute atomic E-state index is 9.33. The lowest BCUT2D eigenvalue weighted by molar-refractivity contribution is 0.282. The molecule has 20 heavy (non-hydrogen) atoms. The van der Waals surface area contributed by atoms with Crippen LogP contribution in [0.15, 0.2) is 45.8 Å². The molecule has 0 atom stereocenters. The molecular formula is C17H13BrOS. The molecule has 1 nitrogen and oxygen atoms in total. The second kappa shape index (κ2) is 4.76. The lowest BCUT2D eigenvalue weighted by Crippen LogP contribution is -1.98. The zero-order valence-electron chi connectivity index (χ0n) is 10.8. The minimum atomic E-state index is 0.118. The molecule has 0 aromatic heterocycles. The largest absolute Gasteiger partial charge is 0.392 e. The van der Waals surface area contributed by atoms with Crippen LogP contribution in [0.4, 0.5) is 0 Å². The Balaban J connectivity index is 1.87. The Kier molecular flexibility index (Phi) is 3.02. The fourth-order valence-corrected chi connectivity index (χ4v) is 4.75. The van der Waals surface area contributed by atoms with Gasteiger partial charge >= 0.3 is 0 Å². The van der Waals surface area contributed by atoms with E-state index in [9.17, 15) is 5.11 Å². The normalized spacial score (nSPS) is 15.9. The molecule has 0 saturated heterocycles. The van der Waals surface area contributed by atoms with Gasteiger partial charge in [-0.25, -0.2) is 0 Å². The Morgan fingerprint density at radius 2 is 1.95 bits per heavy atom. The first-order valence-electron chi connectivity index (χ1n) is 6.64. The number of hydrogen-bond acceptors (Lipinski definition) is 2. The molecule has 2 aromatic carbocycles. The highest BCUT2D eigenvalue weighted by molar-refractivity contribution is 9.10. The first kappa shape index (κ1) is 12.7. The third-order valence-electron chi connectivity index (χ3n) is 4.05. The summed E-state index contributed by atoms with van der Waals surface area (Å²) in [6.45, 7) is 0.118. The fraction of sp³-hybridized carbons (Fsp3) is 0.176. The Labute approximate surface area is 130 Å². The SMILES string of the molecule is OCc1ccc2c(c1)C1=C(C2)c2ccc(Br)cc2SC1. The van der Waals surface area contributed by atoms with E-state index >= 15 is 0 Å². The molecule has 100 valence electrons. The number of thioether (sulfide) groups is 1. The van der Waals surface area contributed by atoms with Gasteiger partial charge in [-0.05, 0) is 58.0 Å². The molecule has 1 N–H and O–H groups in total. The molecule has 0 radical (unpaired) electrons. The van der Waals surface area contributed by atoms with Gasteiger partial charge in [-0.1, -0.05) is 34.1 Å². The Morgan fingerprint density at radius 1 is 1.05 bits per heavy atom. The number of fused-ring (bicyclic) bond motifs is 4. The molecule has 0 unspecified atom stereocenters. The van der Waals surface area contributed by atoms with Crippen molar-refractivity contribution in [3.63, 3.8) is 0 Å². The van der Waals surface area contributed by atoms with E-state index in [1.54, 1.807) is 0 Å². The molecule has 2 aliphatic rings. The molecule has 3 heteroatoms. The average Bonchev–Trinajstić information content (AvgIpc) is 2.84. The van der Waals surface area contributed by atoms with E-state index < -0.39 is 0 Å². The third kappa shape index (κ3) is 1.88. The fourth-order valence-electron chi connectivity index (χ4n) is 3.05. The zero-order chi connectivity index (χ0) is 13.7. The lowest BCUT2D eigenvalue weighted by atomic mass is 10.0. The standard InChI is InChI=1S/C17H13BrOS/c18-12-3-4-13-15-6-11-2-1-10(8-19)5-14(11)16(15)9-20-17(13)7-12/h1-5,7,19H,6,8-9H2. The summed E-state index contributed by atoms with van der Waals surface area (Å²) in [7, 11) is 0. The lowest BCUT2D eigenvalue weighted by Gasteiger charge is -2.19. The van der Waals surface area contributed by atoms with Gasteiger partial charge in [0.15, 0.2) is 0 Å². The van der Waals surface area contributed by atoms with Crippen LogP contribution < -0.4 is 0 Å². The first-order valence-corrected chi connectivity index (χ1v) is 8.42. The molecule has 0 saturated carbocycles. The summed E-state index contributed by atoms with van der Waals surface area (Å²) in [5.74, 6) is 1.03. The van der Waals surface area contributed by atoms with Crippen LogP contribution in [0.3, 0.4) is 0 Å². The minimum Gasteiger partial charge on any atom is -0.392 e. The number of aliphatic hydroxyl groups is 1. The maximum atomic E-state index is 9.33. The molecule has 1 heterocycles. The molecule has 1 aliphatic carbocycles. The van der Waals surface area contributed by atoms with Gasteiger partial charge in [0.1, 0.15) is 0 Å². The summed E-state index contributed by atoms with van der Waals surface area (Å²) in [5.41, 5.74) is 8.04. The van der Waals surface area contributed by atoms with Crippen LogP contribution in [0, 0.1) is 0 Å². The van der Waals surface area contributed by atoms with Crippen molar-refractivity contribution < 1.29 is 5.11 Å². The molecule has 0 amide bonds. The number of allylic oxidation sites excluding steroid dienone is 1. The summed E-state index contributed by atoms with van der Waals surface area (Å²) in [5, 5.41) is 9.33. The molecule has 0 fully saturated rings. The minimum absolute atomic E-state index is 0.118. The Hall–Kier alpha value is -1.03. The summed E-state index contributed by atoms with van der Waals surface area (Å²) < 4.78 is 1.14. The number of halogens is 1. The van der Waals surface area contributed by atoms with Crippen LogP contribution in [0.1, 0.15) is 22.3 Å².